The van der Waals surface area contributed by atoms with Crippen molar-refractivity contribution < 1.29 is 17.7 Å². The molecule has 2 heterocycles. The van der Waals surface area contributed by atoms with Crippen molar-refractivity contribution >= 4 is 0 Å². The van der Waals surface area contributed by atoms with Gasteiger partial charge in [-0.2, -0.15) is 23.3 Å². The van der Waals surface area contributed by atoms with Crippen LogP contribution in [0.3, 0.4) is 0 Å². The molecule has 0 atom stereocenters. The molecule has 0 aliphatic heterocycles. The Morgan fingerprint density at radius 3 is 2.52 bits per heavy atom. The molecule has 0 N–H and O–H groups in total. The van der Waals surface area contributed by atoms with Crippen LogP contribution < -0.4 is 5.56 Å². The highest BCUT2D eigenvalue weighted by Gasteiger charge is 2.38. The van der Waals surface area contributed by atoms with Crippen molar-refractivity contribution in [3.63, 3.8) is 0 Å². The molecule has 9 heteroatoms. The maximum atomic E-state index is 12.4. The summed E-state index contributed by atoms with van der Waals surface area (Å²) < 4.78 is 42.6. The van der Waals surface area contributed by atoms with Gasteiger partial charge in [-0.05, 0) is 5.56 Å². The summed E-state index contributed by atoms with van der Waals surface area (Å²) in [6, 6.07) is 10.3. The van der Waals surface area contributed by atoms with E-state index in [1.165, 1.54) is 10.9 Å². The third-order valence-corrected chi connectivity index (χ3v) is 2.97. The van der Waals surface area contributed by atoms with Crippen LogP contribution in [0.2, 0.25) is 0 Å². The first-order chi connectivity index (χ1) is 10.9. The molecule has 3 aromatic rings. The Hall–Kier alpha value is -2.97. The lowest BCUT2D eigenvalue weighted by Crippen LogP contribution is -2.22. The fourth-order valence-electron chi connectivity index (χ4n) is 1.89. The zero-order chi connectivity index (χ0) is 16.4. The molecule has 6 nitrogen and oxygen atoms in total. The van der Waals surface area contributed by atoms with Gasteiger partial charge >= 0.3 is 12.1 Å². The molecule has 3 rings (SSSR count). The lowest BCUT2D eigenvalue weighted by atomic mass is 10.2. The second-order valence-corrected chi connectivity index (χ2v) is 4.65. The molecule has 0 amide bonds. The van der Waals surface area contributed by atoms with Crippen LogP contribution in [-0.4, -0.2) is 19.9 Å². The number of hydrogen-bond donors (Lipinski definition) is 0. The Labute approximate surface area is 127 Å². The minimum Gasteiger partial charge on any atom is -0.329 e. The highest BCUT2D eigenvalue weighted by molar-refractivity contribution is 5.51. The summed E-state index contributed by atoms with van der Waals surface area (Å²) in [6.07, 6.45) is -3.52. The lowest BCUT2D eigenvalue weighted by Gasteiger charge is -2.04. The highest BCUT2D eigenvalue weighted by Crippen LogP contribution is 2.28. The summed E-state index contributed by atoms with van der Waals surface area (Å²) in [4.78, 5) is 15.2. The predicted octanol–water partition coefficient (Wildman–Crippen LogP) is 2.36. The van der Waals surface area contributed by atoms with E-state index in [1.807, 2.05) is 30.3 Å². The third-order valence-electron chi connectivity index (χ3n) is 2.97. The molecule has 0 aliphatic carbocycles. The fraction of sp³-hybridized carbons (Fsp3) is 0.143. The van der Waals surface area contributed by atoms with Crippen LogP contribution in [0.15, 0.2) is 51.9 Å². The van der Waals surface area contributed by atoms with E-state index in [0.29, 0.717) is 0 Å². The summed E-state index contributed by atoms with van der Waals surface area (Å²) in [6.45, 7) is 0.250. The van der Waals surface area contributed by atoms with E-state index >= 15 is 0 Å². The van der Waals surface area contributed by atoms with E-state index in [4.69, 9.17) is 0 Å². The molecule has 0 spiro atoms. The van der Waals surface area contributed by atoms with Gasteiger partial charge in [-0.15, -0.1) is 0 Å². The van der Waals surface area contributed by atoms with Crippen molar-refractivity contribution in [2.24, 2.45) is 0 Å². The molecule has 0 saturated carbocycles. The third kappa shape index (κ3) is 3.28. The molecule has 0 bridgehead atoms. The Balaban J connectivity index is 1.88. The quantitative estimate of drug-likeness (QED) is 0.740. The average Bonchev–Trinajstić information content (AvgIpc) is 3.00. The summed E-state index contributed by atoms with van der Waals surface area (Å²) in [5.74, 6) is -1.81. The Morgan fingerprint density at radius 1 is 1.17 bits per heavy atom. The Morgan fingerprint density at radius 2 is 1.91 bits per heavy atom. The van der Waals surface area contributed by atoms with Crippen LogP contribution in [0.1, 0.15) is 11.5 Å². The minimum absolute atomic E-state index is 0.0542. The van der Waals surface area contributed by atoms with Gasteiger partial charge in [-0.1, -0.05) is 35.5 Å². The number of benzene rings is 1. The van der Waals surface area contributed by atoms with Crippen LogP contribution in [-0.2, 0) is 12.7 Å². The topological polar surface area (TPSA) is 73.8 Å². The molecular formula is C14H9F3N4O2. The van der Waals surface area contributed by atoms with Crippen LogP contribution >= 0.6 is 0 Å². The smallest absolute Gasteiger partial charge is 0.329 e. The number of nitrogens with zero attached hydrogens (tertiary/aromatic N) is 4. The van der Waals surface area contributed by atoms with Crippen LogP contribution in [0.4, 0.5) is 13.2 Å². The van der Waals surface area contributed by atoms with Crippen molar-refractivity contribution in [1.29, 1.82) is 0 Å². The van der Waals surface area contributed by atoms with E-state index < -0.39 is 17.6 Å². The van der Waals surface area contributed by atoms with E-state index in [0.717, 1.165) is 11.6 Å². The standard InChI is InChI=1S/C14H9F3N4O2/c15-14(16,17)13-19-12(20-23-13)10-6-11(22)21(18-7-10)8-9-4-2-1-3-5-9/h1-7H,8H2. The van der Waals surface area contributed by atoms with Crippen LogP contribution in [0, 0.1) is 0 Å². The van der Waals surface area contributed by atoms with Crippen molar-refractivity contribution in [2.75, 3.05) is 0 Å². The molecule has 2 aromatic heterocycles. The van der Waals surface area contributed by atoms with E-state index in [1.54, 1.807) is 0 Å². The first-order valence-electron chi connectivity index (χ1n) is 6.46. The van der Waals surface area contributed by atoms with Crippen LogP contribution in [0.5, 0.6) is 0 Å². The number of aromatic nitrogens is 4. The van der Waals surface area contributed by atoms with Crippen molar-refractivity contribution in [3.8, 4) is 11.4 Å². The van der Waals surface area contributed by atoms with Gasteiger partial charge in [0.15, 0.2) is 0 Å². The number of alkyl halides is 3. The monoisotopic (exact) mass is 322 g/mol. The molecule has 0 unspecified atom stereocenters. The van der Waals surface area contributed by atoms with Gasteiger partial charge in [0.25, 0.3) is 5.56 Å². The van der Waals surface area contributed by atoms with Gasteiger partial charge in [0, 0.05) is 11.6 Å². The Bertz CT molecular complexity index is 871. The van der Waals surface area contributed by atoms with Gasteiger partial charge < -0.3 is 4.52 Å². The van der Waals surface area contributed by atoms with Gasteiger partial charge in [0.2, 0.25) is 5.82 Å². The normalized spacial score (nSPS) is 11.6. The molecular weight excluding hydrogens is 313 g/mol. The first-order valence-corrected chi connectivity index (χ1v) is 6.46. The summed E-state index contributed by atoms with van der Waals surface area (Å²) >= 11 is 0. The van der Waals surface area contributed by atoms with Gasteiger partial charge in [-0.25, -0.2) is 4.68 Å². The van der Waals surface area contributed by atoms with E-state index in [2.05, 4.69) is 19.8 Å². The lowest BCUT2D eigenvalue weighted by molar-refractivity contribution is -0.159. The zero-order valence-electron chi connectivity index (χ0n) is 11.5. The average molecular weight is 322 g/mol. The molecule has 0 fully saturated rings. The number of hydrogen-bond acceptors (Lipinski definition) is 5. The van der Waals surface area contributed by atoms with Gasteiger partial charge in [0.05, 0.1) is 12.7 Å². The van der Waals surface area contributed by atoms with Crippen molar-refractivity contribution in [1.82, 2.24) is 19.9 Å². The summed E-state index contributed by atoms with van der Waals surface area (Å²) in [5.41, 5.74) is 0.442. The van der Waals surface area contributed by atoms with E-state index in [-0.39, 0.29) is 17.9 Å². The van der Waals surface area contributed by atoms with Gasteiger partial charge in [0.1, 0.15) is 0 Å². The van der Waals surface area contributed by atoms with Crippen LogP contribution in [0.25, 0.3) is 11.4 Å². The minimum atomic E-state index is -4.74. The molecule has 0 aliphatic rings. The largest absolute Gasteiger partial charge is 0.471 e. The molecule has 0 radical (unpaired) electrons. The Kier molecular flexibility index (Phi) is 3.68. The maximum Gasteiger partial charge on any atom is 0.471 e. The number of rotatable bonds is 3. The van der Waals surface area contributed by atoms with Gasteiger partial charge in [-0.3, -0.25) is 4.79 Å². The van der Waals surface area contributed by atoms with E-state index in [9.17, 15) is 18.0 Å². The predicted molar refractivity (Wildman–Crippen MR) is 72.3 cm³/mol. The second-order valence-electron chi connectivity index (χ2n) is 4.65. The molecule has 23 heavy (non-hydrogen) atoms. The summed E-state index contributed by atoms with van der Waals surface area (Å²) in [5, 5.41) is 7.14. The zero-order valence-corrected chi connectivity index (χ0v) is 11.5. The first kappa shape index (κ1) is 14.9. The molecule has 1 aromatic carbocycles. The maximum absolute atomic E-state index is 12.4. The fourth-order valence-corrected chi connectivity index (χ4v) is 1.89. The number of halogens is 3. The summed E-state index contributed by atoms with van der Waals surface area (Å²) in [7, 11) is 0. The van der Waals surface area contributed by atoms with Crippen molar-refractivity contribution in [3.05, 3.63) is 64.4 Å². The van der Waals surface area contributed by atoms with Crippen molar-refractivity contribution in [2.45, 2.75) is 12.7 Å². The SMILES string of the molecule is O=c1cc(-c2noc(C(F)(F)F)n2)cnn1Cc1ccccc1. The highest BCUT2D eigenvalue weighted by atomic mass is 19.4. The second kappa shape index (κ2) is 5.67. The molecule has 118 valence electrons. The molecule has 0 saturated heterocycles.